The van der Waals surface area contributed by atoms with E-state index in [9.17, 15) is 8.78 Å². The van der Waals surface area contributed by atoms with E-state index in [-0.39, 0.29) is 5.69 Å². The number of nitrogens with zero attached hydrogens (tertiary/aromatic N) is 2. The number of hydrogen-bond donors (Lipinski definition) is 1. The maximum Gasteiger partial charge on any atom is 0.152 e. The fourth-order valence-corrected chi connectivity index (χ4v) is 2.20. The van der Waals surface area contributed by atoms with E-state index < -0.39 is 11.6 Å². The van der Waals surface area contributed by atoms with Crippen LogP contribution in [0.5, 0.6) is 0 Å². The molecule has 1 aliphatic carbocycles. The van der Waals surface area contributed by atoms with Gasteiger partial charge in [0.25, 0.3) is 0 Å². The van der Waals surface area contributed by atoms with Gasteiger partial charge in [0.15, 0.2) is 11.6 Å². The molecule has 0 atom stereocenters. The first-order valence-corrected chi connectivity index (χ1v) is 6.84. The average Bonchev–Trinajstić information content (AvgIpc) is 3.09. The van der Waals surface area contributed by atoms with Crippen LogP contribution >= 0.6 is 15.9 Å². The molecule has 0 unspecified atom stereocenters. The maximum absolute atomic E-state index is 14.0. The molecule has 0 amide bonds. The maximum atomic E-state index is 14.0. The second-order valence-corrected chi connectivity index (χ2v) is 5.58. The summed E-state index contributed by atoms with van der Waals surface area (Å²) in [5.74, 6) is -1.22. The molecule has 1 fully saturated rings. The number of halogens is 3. The van der Waals surface area contributed by atoms with Gasteiger partial charge in [0.2, 0.25) is 0 Å². The summed E-state index contributed by atoms with van der Waals surface area (Å²) in [5, 5.41) is 7.12. The zero-order valence-electron chi connectivity index (χ0n) is 10.0. The Kier molecular flexibility index (Phi) is 3.36. The minimum absolute atomic E-state index is 0.152. The van der Waals surface area contributed by atoms with Gasteiger partial charge in [-0.3, -0.25) is 0 Å². The zero-order valence-corrected chi connectivity index (χ0v) is 11.6. The van der Waals surface area contributed by atoms with Gasteiger partial charge in [-0.1, -0.05) is 0 Å². The summed E-state index contributed by atoms with van der Waals surface area (Å²) in [6.45, 7) is 0.488. The minimum atomic E-state index is -0.608. The molecule has 0 saturated heterocycles. The summed E-state index contributed by atoms with van der Waals surface area (Å²) in [4.78, 5) is 0. The molecular weight excluding hydrogens is 316 g/mol. The first-order valence-electron chi connectivity index (χ1n) is 6.05. The topological polar surface area (TPSA) is 29.9 Å². The molecule has 100 valence electrons. The molecule has 3 nitrogen and oxygen atoms in total. The van der Waals surface area contributed by atoms with Gasteiger partial charge in [-0.05, 0) is 46.5 Å². The zero-order chi connectivity index (χ0) is 13.4. The van der Waals surface area contributed by atoms with Crippen molar-refractivity contribution < 1.29 is 8.78 Å². The van der Waals surface area contributed by atoms with Gasteiger partial charge in [-0.25, -0.2) is 13.5 Å². The van der Waals surface area contributed by atoms with Crippen LogP contribution in [0.2, 0.25) is 0 Å². The minimum Gasteiger partial charge on any atom is -0.310 e. The van der Waals surface area contributed by atoms with Crippen molar-refractivity contribution in [2.75, 3.05) is 0 Å². The van der Waals surface area contributed by atoms with Crippen LogP contribution in [-0.4, -0.2) is 15.8 Å². The van der Waals surface area contributed by atoms with Gasteiger partial charge < -0.3 is 5.32 Å². The van der Waals surface area contributed by atoms with E-state index in [0.29, 0.717) is 22.6 Å². The standard InChI is InChI=1S/C13H12BrF2N3/c14-9-6-18-19(7-9)13-11(15)3-8(4-12(13)16)5-17-10-1-2-10/h3-4,6-7,10,17H,1-2,5H2. The largest absolute Gasteiger partial charge is 0.310 e. The van der Waals surface area contributed by atoms with Crippen molar-refractivity contribution in [2.45, 2.75) is 25.4 Å². The van der Waals surface area contributed by atoms with Gasteiger partial charge in [-0.15, -0.1) is 0 Å². The molecule has 0 radical (unpaired) electrons. The highest BCUT2D eigenvalue weighted by molar-refractivity contribution is 9.10. The highest BCUT2D eigenvalue weighted by atomic mass is 79.9. The summed E-state index contributed by atoms with van der Waals surface area (Å²) >= 11 is 3.20. The van der Waals surface area contributed by atoms with Gasteiger partial charge >= 0.3 is 0 Å². The second kappa shape index (κ2) is 5.02. The van der Waals surface area contributed by atoms with Crippen LogP contribution in [0.3, 0.4) is 0 Å². The van der Waals surface area contributed by atoms with Gasteiger partial charge in [-0.2, -0.15) is 5.10 Å². The summed E-state index contributed by atoms with van der Waals surface area (Å²) in [7, 11) is 0. The SMILES string of the molecule is Fc1cc(CNC2CC2)cc(F)c1-n1cc(Br)cn1. The Morgan fingerprint density at radius 3 is 2.53 bits per heavy atom. The Balaban J connectivity index is 1.88. The smallest absolute Gasteiger partial charge is 0.152 e. The summed E-state index contributed by atoms with van der Waals surface area (Å²) in [5.41, 5.74) is 0.456. The van der Waals surface area contributed by atoms with Crippen LogP contribution in [0.4, 0.5) is 8.78 Å². The van der Waals surface area contributed by atoms with Crippen molar-refractivity contribution in [3.05, 3.63) is 46.2 Å². The molecule has 2 aromatic rings. The van der Waals surface area contributed by atoms with E-state index in [1.165, 1.54) is 29.2 Å². The van der Waals surface area contributed by atoms with Crippen molar-refractivity contribution in [2.24, 2.45) is 0 Å². The van der Waals surface area contributed by atoms with Crippen LogP contribution in [-0.2, 0) is 6.54 Å². The predicted octanol–water partition coefficient (Wildman–Crippen LogP) is 3.17. The third kappa shape index (κ3) is 2.84. The first-order chi connectivity index (χ1) is 9.13. The molecule has 6 heteroatoms. The van der Waals surface area contributed by atoms with Crippen molar-refractivity contribution in [3.8, 4) is 5.69 Å². The van der Waals surface area contributed by atoms with E-state index in [1.807, 2.05) is 0 Å². The normalized spacial score (nSPS) is 14.9. The predicted molar refractivity (Wildman–Crippen MR) is 71.0 cm³/mol. The Morgan fingerprint density at radius 2 is 2.00 bits per heavy atom. The fraction of sp³-hybridized carbons (Fsp3) is 0.308. The molecule has 1 aromatic carbocycles. The van der Waals surface area contributed by atoms with E-state index in [0.717, 1.165) is 12.8 Å². The van der Waals surface area contributed by atoms with Crippen LogP contribution in [0.15, 0.2) is 29.0 Å². The van der Waals surface area contributed by atoms with Crippen LogP contribution in [0.1, 0.15) is 18.4 Å². The van der Waals surface area contributed by atoms with Crippen molar-refractivity contribution in [1.29, 1.82) is 0 Å². The van der Waals surface area contributed by atoms with Crippen molar-refractivity contribution in [3.63, 3.8) is 0 Å². The molecule has 1 heterocycles. The molecule has 1 saturated carbocycles. The molecule has 3 rings (SSSR count). The van der Waals surface area contributed by atoms with Crippen LogP contribution in [0.25, 0.3) is 5.69 Å². The summed E-state index contributed by atoms with van der Waals surface area (Å²) in [6.07, 6.45) is 5.29. The number of aromatic nitrogens is 2. The Morgan fingerprint density at radius 1 is 1.32 bits per heavy atom. The second-order valence-electron chi connectivity index (χ2n) is 4.67. The lowest BCUT2D eigenvalue weighted by atomic mass is 10.2. The molecule has 1 N–H and O–H groups in total. The number of rotatable bonds is 4. The number of hydrogen-bond acceptors (Lipinski definition) is 2. The van der Waals surface area contributed by atoms with E-state index in [1.54, 1.807) is 0 Å². The lowest BCUT2D eigenvalue weighted by molar-refractivity contribution is 0.553. The third-order valence-electron chi connectivity index (χ3n) is 3.03. The van der Waals surface area contributed by atoms with Gasteiger partial charge in [0, 0.05) is 18.8 Å². The van der Waals surface area contributed by atoms with E-state index in [4.69, 9.17) is 0 Å². The molecule has 0 spiro atoms. The highest BCUT2D eigenvalue weighted by Crippen LogP contribution is 2.23. The van der Waals surface area contributed by atoms with Crippen molar-refractivity contribution in [1.82, 2.24) is 15.1 Å². The number of benzene rings is 1. The molecule has 1 aromatic heterocycles. The average molecular weight is 328 g/mol. The molecule has 0 bridgehead atoms. The fourth-order valence-electron chi connectivity index (χ4n) is 1.91. The Bertz CT molecular complexity index is 585. The van der Waals surface area contributed by atoms with Crippen LogP contribution in [0, 0.1) is 11.6 Å². The molecule has 19 heavy (non-hydrogen) atoms. The van der Waals surface area contributed by atoms with E-state index in [2.05, 4.69) is 26.3 Å². The lowest BCUT2D eigenvalue weighted by Crippen LogP contribution is -2.16. The molecule has 1 aliphatic rings. The van der Waals surface area contributed by atoms with Gasteiger partial charge in [0.1, 0.15) is 5.69 Å². The Labute approximate surface area is 117 Å². The van der Waals surface area contributed by atoms with Crippen molar-refractivity contribution >= 4 is 15.9 Å². The lowest BCUT2D eigenvalue weighted by Gasteiger charge is -2.08. The number of nitrogens with one attached hydrogen (secondary N) is 1. The highest BCUT2D eigenvalue weighted by Gasteiger charge is 2.21. The van der Waals surface area contributed by atoms with Crippen LogP contribution < -0.4 is 5.32 Å². The van der Waals surface area contributed by atoms with Gasteiger partial charge in [0.05, 0.1) is 10.7 Å². The summed E-state index contributed by atoms with van der Waals surface area (Å²) in [6, 6.07) is 3.21. The van der Waals surface area contributed by atoms with E-state index >= 15 is 0 Å². The quantitative estimate of drug-likeness (QED) is 0.934. The molecular formula is C13H12BrF2N3. The Hall–Kier alpha value is -1.27. The summed E-state index contributed by atoms with van der Waals surface area (Å²) < 4.78 is 29.9. The third-order valence-corrected chi connectivity index (χ3v) is 3.44. The first kappa shape index (κ1) is 12.7. The molecule has 0 aliphatic heterocycles. The monoisotopic (exact) mass is 327 g/mol.